The topological polar surface area (TPSA) is 119 Å². The zero-order valence-electron chi connectivity index (χ0n) is 12.1. The summed E-state index contributed by atoms with van der Waals surface area (Å²) < 4.78 is 0. The number of carboxylic acids is 1. The van der Waals surface area contributed by atoms with Crippen LogP contribution in [-0.4, -0.2) is 62.8 Å². The number of aliphatic hydroxyl groups excluding tert-OH is 1. The van der Waals surface area contributed by atoms with Crippen molar-refractivity contribution in [1.29, 1.82) is 0 Å². The van der Waals surface area contributed by atoms with Crippen molar-refractivity contribution < 1.29 is 19.8 Å². The summed E-state index contributed by atoms with van der Waals surface area (Å²) in [4.78, 5) is 31.4. The molecule has 0 aliphatic rings. The summed E-state index contributed by atoms with van der Waals surface area (Å²) in [6, 6.07) is -1.52. The van der Waals surface area contributed by atoms with Gasteiger partial charge in [0.05, 0.1) is 12.9 Å². The normalized spacial score (nSPS) is 11.9. The van der Waals surface area contributed by atoms with Crippen LogP contribution in [-0.2, 0) is 11.2 Å². The van der Waals surface area contributed by atoms with Crippen LogP contribution in [0.5, 0.6) is 0 Å². The number of carbonyl (C=O) groups excluding carboxylic acids is 1. The number of hydrogen-bond acceptors (Lipinski definition) is 4. The summed E-state index contributed by atoms with van der Waals surface area (Å²) in [6.07, 6.45) is 4.80. The lowest BCUT2D eigenvalue weighted by molar-refractivity contribution is -0.139. The van der Waals surface area contributed by atoms with Crippen molar-refractivity contribution in [1.82, 2.24) is 20.2 Å². The Hall–Kier alpha value is -2.09. The second kappa shape index (κ2) is 8.96. The summed E-state index contributed by atoms with van der Waals surface area (Å²) in [5, 5.41) is 20.7. The molecule has 8 heteroatoms. The molecule has 1 rings (SSSR count). The minimum atomic E-state index is -1.11. The Balaban J connectivity index is 2.62. The van der Waals surface area contributed by atoms with E-state index in [2.05, 4.69) is 15.3 Å². The van der Waals surface area contributed by atoms with Crippen LogP contribution < -0.4 is 5.32 Å². The molecule has 0 aromatic carbocycles. The first-order chi connectivity index (χ1) is 10.1. The third-order valence-electron chi connectivity index (χ3n) is 3.01. The quantitative estimate of drug-likeness (QED) is 0.519. The van der Waals surface area contributed by atoms with E-state index in [0.29, 0.717) is 12.2 Å². The highest BCUT2D eigenvalue weighted by Gasteiger charge is 2.23. The standard InChI is InChI=1S/C13H22N4O4/c1-2-3-4-17(5-6-18)13(21)16-11(12(19)20)7-10-8-14-9-15-10/h8-9,11,18H,2-7H2,1H3,(H,14,15)(H,16,21)(H,19,20). The molecule has 2 amide bonds. The maximum absolute atomic E-state index is 12.1. The first-order valence-electron chi connectivity index (χ1n) is 6.94. The van der Waals surface area contributed by atoms with Gasteiger partial charge < -0.3 is 25.4 Å². The van der Waals surface area contributed by atoms with E-state index < -0.39 is 18.0 Å². The summed E-state index contributed by atoms with van der Waals surface area (Å²) in [7, 11) is 0. The number of carbonyl (C=O) groups is 2. The molecule has 8 nitrogen and oxygen atoms in total. The van der Waals surface area contributed by atoms with Crippen LogP contribution >= 0.6 is 0 Å². The van der Waals surface area contributed by atoms with E-state index in [1.54, 1.807) is 0 Å². The lowest BCUT2D eigenvalue weighted by atomic mass is 10.1. The van der Waals surface area contributed by atoms with Gasteiger partial charge in [0.2, 0.25) is 0 Å². The molecule has 0 saturated carbocycles. The fourth-order valence-electron chi connectivity index (χ4n) is 1.84. The fraction of sp³-hybridized carbons (Fsp3) is 0.615. The van der Waals surface area contributed by atoms with Gasteiger partial charge in [-0.25, -0.2) is 14.6 Å². The van der Waals surface area contributed by atoms with E-state index in [0.717, 1.165) is 12.8 Å². The average molecular weight is 298 g/mol. The second-order valence-corrected chi connectivity index (χ2v) is 4.69. The SMILES string of the molecule is CCCCN(CCO)C(=O)NC(Cc1cnc[nH]1)C(=O)O. The van der Waals surface area contributed by atoms with Gasteiger partial charge in [-0.05, 0) is 6.42 Å². The fourth-order valence-corrected chi connectivity index (χ4v) is 1.84. The van der Waals surface area contributed by atoms with Gasteiger partial charge in [0.15, 0.2) is 0 Å². The molecule has 1 aromatic rings. The van der Waals surface area contributed by atoms with E-state index in [9.17, 15) is 14.7 Å². The third-order valence-corrected chi connectivity index (χ3v) is 3.01. The average Bonchev–Trinajstić information content (AvgIpc) is 2.95. The number of amides is 2. The Labute approximate surface area is 123 Å². The van der Waals surface area contributed by atoms with E-state index in [-0.39, 0.29) is 19.6 Å². The number of aliphatic carboxylic acids is 1. The van der Waals surface area contributed by atoms with Gasteiger partial charge in [-0.2, -0.15) is 0 Å². The summed E-state index contributed by atoms with van der Waals surface area (Å²) in [5.41, 5.74) is 0.630. The molecule has 21 heavy (non-hydrogen) atoms. The molecule has 0 aliphatic carbocycles. The maximum Gasteiger partial charge on any atom is 0.326 e. The summed E-state index contributed by atoms with van der Waals surface area (Å²) in [6.45, 7) is 2.50. The minimum absolute atomic E-state index is 0.127. The Bertz CT molecular complexity index is 435. The number of urea groups is 1. The van der Waals surface area contributed by atoms with Crippen molar-refractivity contribution in [2.24, 2.45) is 0 Å². The number of nitrogens with zero attached hydrogens (tertiary/aromatic N) is 2. The molecule has 1 aromatic heterocycles. The van der Waals surface area contributed by atoms with Crippen LogP contribution in [0, 0.1) is 0 Å². The van der Waals surface area contributed by atoms with Crippen LogP contribution in [0.4, 0.5) is 4.79 Å². The Morgan fingerprint density at radius 2 is 2.24 bits per heavy atom. The van der Waals surface area contributed by atoms with Crippen LogP contribution in [0.15, 0.2) is 12.5 Å². The summed E-state index contributed by atoms with van der Waals surface area (Å²) in [5.74, 6) is -1.11. The molecule has 1 unspecified atom stereocenters. The molecule has 0 fully saturated rings. The molecule has 0 bridgehead atoms. The first-order valence-corrected chi connectivity index (χ1v) is 6.94. The van der Waals surface area contributed by atoms with Gasteiger partial charge in [-0.3, -0.25) is 0 Å². The minimum Gasteiger partial charge on any atom is -0.480 e. The van der Waals surface area contributed by atoms with E-state index >= 15 is 0 Å². The van der Waals surface area contributed by atoms with Crippen molar-refractivity contribution >= 4 is 12.0 Å². The number of hydrogen-bond donors (Lipinski definition) is 4. The molecule has 0 radical (unpaired) electrons. The van der Waals surface area contributed by atoms with Gasteiger partial charge >= 0.3 is 12.0 Å². The smallest absolute Gasteiger partial charge is 0.326 e. The molecule has 118 valence electrons. The first kappa shape index (κ1) is 17.0. The number of nitrogens with one attached hydrogen (secondary N) is 2. The predicted molar refractivity (Wildman–Crippen MR) is 75.8 cm³/mol. The second-order valence-electron chi connectivity index (χ2n) is 4.69. The van der Waals surface area contributed by atoms with E-state index in [4.69, 9.17) is 5.11 Å². The van der Waals surface area contributed by atoms with Crippen molar-refractivity contribution in [3.63, 3.8) is 0 Å². The highest BCUT2D eigenvalue weighted by atomic mass is 16.4. The molecule has 4 N–H and O–H groups in total. The van der Waals surface area contributed by atoms with Crippen molar-refractivity contribution in [2.75, 3.05) is 19.7 Å². The van der Waals surface area contributed by atoms with Gasteiger partial charge in [0.25, 0.3) is 0 Å². The maximum atomic E-state index is 12.1. The molecular weight excluding hydrogens is 276 g/mol. The van der Waals surface area contributed by atoms with Crippen LogP contribution in [0.3, 0.4) is 0 Å². The molecule has 1 atom stereocenters. The van der Waals surface area contributed by atoms with Gasteiger partial charge in [0.1, 0.15) is 6.04 Å². The van der Waals surface area contributed by atoms with Gasteiger partial charge in [-0.1, -0.05) is 13.3 Å². The Kier molecular flexibility index (Phi) is 7.24. The number of aromatic amines is 1. The number of H-pyrrole nitrogens is 1. The van der Waals surface area contributed by atoms with Gasteiger partial charge in [-0.15, -0.1) is 0 Å². The monoisotopic (exact) mass is 298 g/mol. The molecular formula is C13H22N4O4. The highest BCUT2D eigenvalue weighted by Crippen LogP contribution is 2.02. The third kappa shape index (κ3) is 5.82. The molecule has 0 saturated heterocycles. The van der Waals surface area contributed by atoms with E-state index in [1.807, 2.05) is 6.92 Å². The lowest BCUT2D eigenvalue weighted by Crippen LogP contribution is -2.49. The highest BCUT2D eigenvalue weighted by molar-refractivity contribution is 5.82. The zero-order valence-corrected chi connectivity index (χ0v) is 12.1. The molecule has 0 aliphatic heterocycles. The Morgan fingerprint density at radius 1 is 1.48 bits per heavy atom. The van der Waals surface area contributed by atoms with Crippen molar-refractivity contribution in [2.45, 2.75) is 32.2 Å². The van der Waals surface area contributed by atoms with Crippen LogP contribution in [0.2, 0.25) is 0 Å². The lowest BCUT2D eigenvalue weighted by Gasteiger charge is -2.24. The van der Waals surface area contributed by atoms with E-state index in [1.165, 1.54) is 17.4 Å². The number of aromatic nitrogens is 2. The largest absolute Gasteiger partial charge is 0.480 e. The number of carboxylic acid groups (broad SMARTS) is 1. The van der Waals surface area contributed by atoms with Crippen molar-refractivity contribution in [3.8, 4) is 0 Å². The van der Waals surface area contributed by atoms with Crippen LogP contribution in [0.25, 0.3) is 0 Å². The van der Waals surface area contributed by atoms with Crippen molar-refractivity contribution in [3.05, 3.63) is 18.2 Å². The predicted octanol–water partition coefficient (Wildman–Crippen LogP) is 0.209. The molecule has 0 spiro atoms. The number of rotatable bonds is 9. The number of imidazole rings is 1. The zero-order chi connectivity index (χ0) is 15.7. The summed E-state index contributed by atoms with van der Waals surface area (Å²) >= 11 is 0. The Morgan fingerprint density at radius 3 is 2.76 bits per heavy atom. The van der Waals surface area contributed by atoms with Gasteiger partial charge in [0, 0.05) is 31.4 Å². The molecule has 1 heterocycles. The van der Waals surface area contributed by atoms with Crippen LogP contribution in [0.1, 0.15) is 25.5 Å². The number of unbranched alkanes of at least 4 members (excludes halogenated alkanes) is 1. The number of aliphatic hydroxyl groups is 1.